The Morgan fingerprint density at radius 1 is 0.759 bits per heavy atom. The van der Waals surface area contributed by atoms with Crippen LogP contribution in [0.2, 0.25) is 0 Å². The van der Waals surface area contributed by atoms with Gasteiger partial charge in [-0.15, -0.1) is 0 Å². The maximum Gasteiger partial charge on any atom is 0.166 e. The first kappa shape index (κ1) is 18.5. The van der Waals surface area contributed by atoms with Crippen molar-refractivity contribution < 1.29 is 4.74 Å². The van der Waals surface area contributed by atoms with E-state index in [2.05, 4.69) is 40.3 Å². The van der Waals surface area contributed by atoms with Crippen molar-refractivity contribution in [2.75, 3.05) is 0 Å². The molecule has 140 valence electrons. The average Bonchev–Trinajstić information content (AvgIpc) is 2.81. The molecule has 4 heteroatoms. The lowest BCUT2D eigenvalue weighted by Crippen LogP contribution is -2.06. The molecule has 0 saturated heterocycles. The lowest BCUT2D eigenvalue weighted by Gasteiger charge is -2.19. The second-order valence-corrected chi connectivity index (χ2v) is 6.57. The van der Waals surface area contributed by atoms with E-state index in [9.17, 15) is 5.26 Å². The van der Waals surface area contributed by atoms with Crippen LogP contribution in [0.25, 0.3) is 11.3 Å². The maximum atomic E-state index is 9.22. The van der Waals surface area contributed by atoms with Gasteiger partial charge in [0.1, 0.15) is 17.9 Å². The predicted octanol–water partition coefficient (Wildman–Crippen LogP) is 5.32. The van der Waals surface area contributed by atoms with E-state index in [4.69, 9.17) is 4.74 Å². The number of nitrogens with zero attached hydrogens (tertiary/aromatic N) is 3. The third kappa shape index (κ3) is 4.37. The zero-order valence-corrected chi connectivity index (χ0v) is 15.8. The van der Waals surface area contributed by atoms with E-state index >= 15 is 0 Å². The van der Waals surface area contributed by atoms with Gasteiger partial charge in [-0.3, -0.25) is 4.98 Å². The summed E-state index contributed by atoms with van der Waals surface area (Å²) in [6, 6.07) is 30.4. The smallest absolute Gasteiger partial charge is 0.166 e. The van der Waals surface area contributed by atoms with Crippen LogP contribution in [0.5, 0.6) is 0 Å². The summed E-state index contributed by atoms with van der Waals surface area (Å²) in [6.07, 6.45) is 2.98. The molecule has 0 saturated carbocycles. The number of aromatic nitrogens is 2. The molecule has 0 N–H and O–H groups in total. The van der Waals surface area contributed by atoms with E-state index in [1.807, 2.05) is 60.7 Å². The van der Waals surface area contributed by atoms with Crippen LogP contribution in [0.3, 0.4) is 0 Å². The lowest BCUT2D eigenvalue weighted by molar-refractivity contribution is 0.0667. The summed E-state index contributed by atoms with van der Waals surface area (Å²) in [4.78, 5) is 8.36. The van der Waals surface area contributed by atoms with Gasteiger partial charge in [0.05, 0.1) is 6.61 Å². The topological polar surface area (TPSA) is 58.8 Å². The lowest BCUT2D eigenvalue weighted by atomic mass is 10.0. The molecule has 0 aliphatic rings. The van der Waals surface area contributed by atoms with Crippen molar-refractivity contribution in [3.63, 3.8) is 0 Å². The Balaban J connectivity index is 1.53. The highest BCUT2D eigenvalue weighted by atomic mass is 16.5. The molecule has 0 aliphatic carbocycles. The molecule has 0 fully saturated rings. The van der Waals surface area contributed by atoms with Crippen molar-refractivity contribution in [2.24, 2.45) is 0 Å². The van der Waals surface area contributed by atoms with Gasteiger partial charge >= 0.3 is 0 Å². The fourth-order valence-electron chi connectivity index (χ4n) is 3.21. The number of nitriles is 1. The molecule has 0 spiro atoms. The van der Waals surface area contributed by atoms with Crippen LogP contribution >= 0.6 is 0 Å². The fourth-order valence-corrected chi connectivity index (χ4v) is 3.21. The van der Waals surface area contributed by atoms with Crippen LogP contribution in [0.1, 0.15) is 28.5 Å². The van der Waals surface area contributed by atoms with Crippen molar-refractivity contribution in [3.8, 4) is 17.3 Å². The Labute approximate surface area is 170 Å². The van der Waals surface area contributed by atoms with E-state index in [1.165, 1.54) is 6.20 Å². The van der Waals surface area contributed by atoms with Crippen LogP contribution in [0, 0.1) is 11.3 Å². The first-order chi connectivity index (χ1) is 14.3. The molecule has 3 aromatic carbocycles. The molecular weight excluding hydrogens is 358 g/mol. The van der Waals surface area contributed by atoms with Gasteiger partial charge in [0, 0.05) is 18.0 Å². The Bertz CT molecular complexity index is 1060. The number of benzene rings is 3. The van der Waals surface area contributed by atoms with Crippen molar-refractivity contribution in [3.05, 3.63) is 120 Å². The van der Waals surface area contributed by atoms with Gasteiger partial charge in [-0.25, -0.2) is 4.98 Å². The monoisotopic (exact) mass is 377 g/mol. The highest BCUT2D eigenvalue weighted by Crippen LogP contribution is 2.27. The van der Waals surface area contributed by atoms with Crippen molar-refractivity contribution in [2.45, 2.75) is 12.7 Å². The summed E-state index contributed by atoms with van der Waals surface area (Å²) in [5, 5.41) is 9.22. The highest BCUT2D eigenvalue weighted by Gasteiger charge is 2.14. The van der Waals surface area contributed by atoms with Crippen LogP contribution in [-0.2, 0) is 11.3 Å². The molecular formula is C25H19N3O. The highest BCUT2D eigenvalue weighted by molar-refractivity contribution is 5.64. The zero-order chi connectivity index (χ0) is 19.9. The maximum absolute atomic E-state index is 9.22. The van der Waals surface area contributed by atoms with E-state index in [0.29, 0.717) is 18.0 Å². The van der Waals surface area contributed by atoms with Crippen LogP contribution < -0.4 is 0 Å². The van der Waals surface area contributed by atoms with Crippen molar-refractivity contribution >= 4 is 0 Å². The van der Waals surface area contributed by atoms with Crippen LogP contribution in [-0.4, -0.2) is 9.97 Å². The Hall–Kier alpha value is -3.81. The van der Waals surface area contributed by atoms with Gasteiger partial charge in [0.25, 0.3) is 0 Å². The number of ether oxygens (including phenoxy) is 1. The second-order valence-electron chi connectivity index (χ2n) is 6.57. The van der Waals surface area contributed by atoms with Gasteiger partial charge in [-0.2, -0.15) is 5.26 Å². The summed E-state index contributed by atoms with van der Waals surface area (Å²) >= 11 is 0. The second kappa shape index (κ2) is 8.92. The van der Waals surface area contributed by atoms with Crippen LogP contribution in [0.4, 0.5) is 0 Å². The molecule has 4 aromatic rings. The normalized spacial score (nSPS) is 10.6. The van der Waals surface area contributed by atoms with Gasteiger partial charge in [0.15, 0.2) is 5.69 Å². The summed E-state index contributed by atoms with van der Waals surface area (Å²) in [6.45, 7) is 0.473. The molecule has 29 heavy (non-hydrogen) atoms. The van der Waals surface area contributed by atoms with Gasteiger partial charge in [-0.05, 0) is 16.7 Å². The minimum atomic E-state index is -0.137. The standard InChI is InChI=1S/C25H19N3O/c26-17-23-24(28-16-15-27-23)20-13-11-19(12-14-20)18-29-25(21-7-3-1-4-8-21)22-9-5-2-6-10-22/h1-16,25H,18H2. The average molecular weight is 377 g/mol. The quantitative estimate of drug-likeness (QED) is 0.456. The molecule has 0 amide bonds. The van der Waals surface area contributed by atoms with Crippen molar-refractivity contribution in [1.82, 2.24) is 9.97 Å². The summed E-state index contributed by atoms with van der Waals surface area (Å²) < 4.78 is 6.31. The molecule has 4 rings (SSSR count). The minimum Gasteiger partial charge on any atom is -0.364 e. The largest absolute Gasteiger partial charge is 0.364 e. The van der Waals surface area contributed by atoms with Gasteiger partial charge in [0.2, 0.25) is 0 Å². The first-order valence-electron chi connectivity index (χ1n) is 9.37. The van der Waals surface area contributed by atoms with Crippen molar-refractivity contribution in [1.29, 1.82) is 5.26 Å². The summed E-state index contributed by atoms with van der Waals surface area (Å²) in [5.74, 6) is 0. The number of hydrogen-bond acceptors (Lipinski definition) is 4. The molecule has 0 aliphatic heterocycles. The zero-order valence-electron chi connectivity index (χ0n) is 15.8. The summed E-state index contributed by atoms with van der Waals surface area (Å²) in [7, 11) is 0. The number of hydrogen-bond donors (Lipinski definition) is 0. The molecule has 0 radical (unpaired) electrons. The summed E-state index contributed by atoms with van der Waals surface area (Å²) in [5.41, 5.74) is 5.06. The Morgan fingerprint density at radius 3 is 1.93 bits per heavy atom. The number of rotatable bonds is 6. The molecule has 4 nitrogen and oxygen atoms in total. The third-order valence-corrected chi connectivity index (χ3v) is 4.65. The van der Waals surface area contributed by atoms with Crippen LogP contribution in [0.15, 0.2) is 97.3 Å². The Morgan fingerprint density at radius 2 is 1.34 bits per heavy atom. The molecule has 0 atom stereocenters. The minimum absolute atomic E-state index is 0.137. The van der Waals surface area contributed by atoms with E-state index in [-0.39, 0.29) is 6.10 Å². The van der Waals surface area contributed by atoms with Gasteiger partial charge < -0.3 is 4.74 Å². The predicted molar refractivity (Wildman–Crippen MR) is 112 cm³/mol. The molecule has 0 bridgehead atoms. The first-order valence-corrected chi connectivity index (χ1v) is 9.37. The molecule has 0 unspecified atom stereocenters. The Kier molecular flexibility index (Phi) is 5.70. The molecule has 1 aromatic heterocycles. The fraction of sp³-hybridized carbons (Fsp3) is 0.0800. The van der Waals surface area contributed by atoms with E-state index < -0.39 is 0 Å². The van der Waals surface area contributed by atoms with E-state index in [0.717, 1.165) is 22.3 Å². The third-order valence-electron chi connectivity index (χ3n) is 4.65. The van der Waals surface area contributed by atoms with Gasteiger partial charge in [-0.1, -0.05) is 84.9 Å². The van der Waals surface area contributed by atoms with E-state index in [1.54, 1.807) is 6.20 Å². The SMILES string of the molecule is N#Cc1nccnc1-c1ccc(COC(c2ccccc2)c2ccccc2)cc1. The molecule has 1 heterocycles.